The highest BCUT2D eigenvalue weighted by Crippen LogP contribution is 2.33. The van der Waals surface area contributed by atoms with Crippen LogP contribution in [0.1, 0.15) is 11.1 Å². The van der Waals surface area contributed by atoms with Gasteiger partial charge in [0.2, 0.25) is 0 Å². The second-order valence-electron chi connectivity index (χ2n) is 9.68. The Morgan fingerprint density at radius 2 is 1.57 bits per heavy atom. The fourth-order valence-electron chi connectivity index (χ4n) is 4.98. The first-order valence-electron chi connectivity index (χ1n) is 13.0. The van der Waals surface area contributed by atoms with Gasteiger partial charge >= 0.3 is 0 Å². The maximum Gasteiger partial charge on any atom is 0.159 e. The number of hydrogen-bond donors (Lipinski definition) is 3. The molecule has 0 aliphatic heterocycles. The minimum atomic E-state index is -0.304. The third kappa shape index (κ3) is 4.61. The van der Waals surface area contributed by atoms with E-state index in [1.54, 1.807) is 18.5 Å². The summed E-state index contributed by atoms with van der Waals surface area (Å²) in [6.45, 7) is 1.51. The predicted molar refractivity (Wildman–Crippen MR) is 155 cm³/mol. The van der Waals surface area contributed by atoms with Crippen molar-refractivity contribution in [2.24, 2.45) is 0 Å². The molecule has 194 valence electrons. The molecule has 0 amide bonds. The molecule has 4 heterocycles. The largest absolute Gasteiger partial charge is 0.335 e. The molecule has 0 spiro atoms. The smallest absolute Gasteiger partial charge is 0.159 e. The van der Waals surface area contributed by atoms with Crippen LogP contribution in [0.15, 0.2) is 104 Å². The van der Waals surface area contributed by atoms with Crippen LogP contribution in [0, 0.1) is 5.82 Å². The van der Waals surface area contributed by atoms with Gasteiger partial charge in [-0.1, -0.05) is 48.5 Å². The normalized spacial score (nSPS) is 11.4. The van der Waals surface area contributed by atoms with Gasteiger partial charge in [0.15, 0.2) is 5.82 Å². The number of pyridine rings is 2. The Bertz CT molecular complexity index is 1960. The topological polar surface area (TPSA) is 95.2 Å². The van der Waals surface area contributed by atoms with E-state index in [1.807, 2.05) is 42.7 Å². The van der Waals surface area contributed by atoms with Crippen LogP contribution in [0.5, 0.6) is 0 Å². The van der Waals surface area contributed by atoms with E-state index in [0.717, 1.165) is 57.3 Å². The summed E-state index contributed by atoms with van der Waals surface area (Å²) in [5.41, 5.74) is 8.94. The Balaban J connectivity index is 1.20. The fourth-order valence-corrected chi connectivity index (χ4v) is 4.98. The number of hydrogen-bond acceptors (Lipinski definition) is 5. The number of benzene rings is 3. The molecule has 4 aromatic heterocycles. The number of rotatable bonds is 7. The summed E-state index contributed by atoms with van der Waals surface area (Å²) in [6, 6.07) is 25.1. The highest BCUT2D eigenvalue weighted by atomic mass is 19.1. The third-order valence-electron chi connectivity index (χ3n) is 6.95. The summed E-state index contributed by atoms with van der Waals surface area (Å²) in [7, 11) is 0. The fraction of sp³-hybridized carbons (Fsp3) is 0.0625. The standard InChI is InChI=1S/C32H24FN7/c33-25-8-4-7-23(12-25)27-18-36-19-29-30(27)38-32(37-29)31-26-13-22(9-10-28(26)39-40-31)24-11-21(16-35-17-24)15-34-14-20-5-2-1-3-6-20/h1-13,16-19,34H,14-15H2,(H,37,38)(H,39,40). The molecule has 3 aromatic carbocycles. The van der Waals surface area contributed by atoms with Crippen molar-refractivity contribution in [3.05, 3.63) is 121 Å². The van der Waals surface area contributed by atoms with Crippen molar-refractivity contribution in [1.82, 2.24) is 35.5 Å². The first kappa shape index (κ1) is 23.9. The van der Waals surface area contributed by atoms with E-state index in [2.05, 4.69) is 60.8 Å². The number of halogens is 1. The zero-order chi connectivity index (χ0) is 26.9. The first-order valence-corrected chi connectivity index (χ1v) is 13.0. The molecule has 40 heavy (non-hydrogen) atoms. The lowest BCUT2D eigenvalue weighted by Crippen LogP contribution is -2.12. The Hall–Kier alpha value is -5.21. The van der Waals surface area contributed by atoms with Crippen LogP contribution in [0.2, 0.25) is 0 Å². The molecule has 7 nitrogen and oxygen atoms in total. The number of fused-ring (bicyclic) bond motifs is 2. The number of nitrogens with one attached hydrogen (secondary N) is 3. The van der Waals surface area contributed by atoms with Crippen LogP contribution >= 0.6 is 0 Å². The Morgan fingerprint density at radius 3 is 2.48 bits per heavy atom. The van der Waals surface area contributed by atoms with Crippen molar-refractivity contribution in [3.63, 3.8) is 0 Å². The number of H-pyrrole nitrogens is 2. The molecule has 7 rings (SSSR count). The molecular weight excluding hydrogens is 501 g/mol. The Labute approximate surface area is 229 Å². The summed E-state index contributed by atoms with van der Waals surface area (Å²) >= 11 is 0. The molecule has 0 bridgehead atoms. The molecule has 0 aliphatic rings. The monoisotopic (exact) mass is 525 g/mol. The van der Waals surface area contributed by atoms with Gasteiger partial charge in [-0.15, -0.1) is 0 Å². The minimum Gasteiger partial charge on any atom is -0.335 e. The van der Waals surface area contributed by atoms with E-state index in [9.17, 15) is 4.39 Å². The molecule has 0 unspecified atom stereocenters. The van der Waals surface area contributed by atoms with E-state index in [0.29, 0.717) is 17.0 Å². The Kier molecular flexibility index (Phi) is 6.07. The van der Waals surface area contributed by atoms with Crippen LogP contribution in [0.25, 0.3) is 55.7 Å². The second-order valence-corrected chi connectivity index (χ2v) is 9.68. The summed E-state index contributed by atoms with van der Waals surface area (Å²) in [5.74, 6) is 0.308. The van der Waals surface area contributed by atoms with Gasteiger partial charge < -0.3 is 10.3 Å². The predicted octanol–water partition coefficient (Wildman–Crippen LogP) is 6.66. The molecule has 0 radical (unpaired) electrons. The molecular formula is C32H24FN7. The van der Waals surface area contributed by atoms with Gasteiger partial charge in [0, 0.05) is 48.2 Å². The van der Waals surface area contributed by atoms with E-state index in [-0.39, 0.29) is 5.82 Å². The highest BCUT2D eigenvalue weighted by molar-refractivity contribution is 5.98. The van der Waals surface area contributed by atoms with Crippen LogP contribution < -0.4 is 5.32 Å². The maximum absolute atomic E-state index is 13.9. The van der Waals surface area contributed by atoms with E-state index in [1.165, 1.54) is 17.7 Å². The summed E-state index contributed by atoms with van der Waals surface area (Å²) in [6.07, 6.45) is 7.19. The second kappa shape index (κ2) is 10.2. The highest BCUT2D eigenvalue weighted by Gasteiger charge is 2.16. The number of nitrogens with zero attached hydrogens (tertiary/aromatic N) is 4. The summed E-state index contributed by atoms with van der Waals surface area (Å²) in [4.78, 5) is 17.0. The van der Waals surface area contributed by atoms with Crippen molar-refractivity contribution in [1.29, 1.82) is 0 Å². The maximum atomic E-state index is 13.9. The van der Waals surface area contributed by atoms with Gasteiger partial charge in [0.25, 0.3) is 0 Å². The molecule has 0 fully saturated rings. The number of aromatic nitrogens is 6. The van der Waals surface area contributed by atoms with Gasteiger partial charge in [-0.25, -0.2) is 9.37 Å². The third-order valence-corrected chi connectivity index (χ3v) is 6.95. The summed E-state index contributed by atoms with van der Waals surface area (Å²) < 4.78 is 13.9. The summed E-state index contributed by atoms with van der Waals surface area (Å²) in [5, 5.41) is 12.1. The molecule has 0 saturated carbocycles. The molecule has 0 aliphatic carbocycles. The van der Waals surface area contributed by atoms with Crippen molar-refractivity contribution in [2.45, 2.75) is 13.1 Å². The lowest BCUT2D eigenvalue weighted by molar-refractivity contribution is 0.628. The van der Waals surface area contributed by atoms with Crippen molar-refractivity contribution < 1.29 is 4.39 Å². The molecule has 8 heteroatoms. The van der Waals surface area contributed by atoms with Gasteiger partial charge in [-0.2, -0.15) is 5.10 Å². The SMILES string of the molecule is Fc1cccc(-c2cncc3[nH]c(-c4n[nH]c5ccc(-c6cncc(CNCc7ccccc7)c6)cc45)nc23)c1. The van der Waals surface area contributed by atoms with Gasteiger partial charge in [-0.3, -0.25) is 15.1 Å². The average Bonchev–Trinajstić information content (AvgIpc) is 3.62. The first-order chi connectivity index (χ1) is 19.7. The van der Waals surface area contributed by atoms with Crippen LogP contribution in [0.3, 0.4) is 0 Å². The number of imidazole rings is 1. The lowest BCUT2D eigenvalue weighted by Gasteiger charge is -2.07. The van der Waals surface area contributed by atoms with Crippen molar-refractivity contribution >= 4 is 21.9 Å². The van der Waals surface area contributed by atoms with Crippen LogP contribution in [-0.4, -0.2) is 30.1 Å². The van der Waals surface area contributed by atoms with E-state index < -0.39 is 0 Å². The van der Waals surface area contributed by atoms with Crippen molar-refractivity contribution in [3.8, 4) is 33.8 Å². The quantitative estimate of drug-likeness (QED) is 0.216. The zero-order valence-corrected chi connectivity index (χ0v) is 21.4. The van der Waals surface area contributed by atoms with Crippen molar-refractivity contribution in [2.75, 3.05) is 0 Å². The van der Waals surface area contributed by atoms with Gasteiger partial charge in [0.05, 0.1) is 22.7 Å². The number of aromatic amines is 2. The van der Waals surface area contributed by atoms with Gasteiger partial charge in [-0.05, 0) is 52.6 Å². The van der Waals surface area contributed by atoms with Gasteiger partial charge in [0.1, 0.15) is 11.5 Å². The minimum absolute atomic E-state index is 0.304. The molecule has 3 N–H and O–H groups in total. The van der Waals surface area contributed by atoms with E-state index >= 15 is 0 Å². The zero-order valence-electron chi connectivity index (χ0n) is 21.4. The average molecular weight is 526 g/mol. The van der Waals surface area contributed by atoms with Crippen LogP contribution in [0.4, 0.5) is 4.39 Å². The van der Waals surface area contributed by atoms with Crippen LogP contribution in [-0.2, 0) is 13.1 Å². The molecule has 0 saturated heterocycles. The molecule has 0 atom stereocenters. The van der Waals surface area contributed by atoms with E-state index in [4.69, 9.17) is 4.98 Å². The lowest BCUT2D eigenvalue weighted by atomic mass is 10.0. The Morgan fingerprint density at radius 1 is 0.700 bits per heavy atom. The molecule has 7 aromatic rings.